The number of hydrogen-bond donors (Lipinski definition) is 3. The number of H-pyrrole nitrogens is 2. The number of carbonyl (C=O) groups excluding carboxylic acids is 1. The van der Waals surface area contributed by atoms with Crippen molar-refractivity contribution in [2.75, 3.05) is 7.11 Å². The van der Waals surface area contributed by atoms with E-state index in [1.54, 1.807) is 25.1 Å². The van der Waals surface area contributed by atoms with Crippen LogP contribution in [0.25, 0.3) is 0 Å². The number of halogens is 1. The van der Waals surface area contributed by atoms with E-state index in [1.165, 1.54) is 13.2 Å². The van der Waals surface area contributed by atoms with Crippen molar-refractivity contribution in [3.05, 3.63) is 55.7 Å². The number of aromatic amines is 2. The van der Waals surface area contributed by atoms with Gasteiger partial charge in [0.05, 0.1) is 19.2 Å². The minimum absolute atomic E-state index is 0.0585. The van der Waals surface area contributed by atoms with Gasteiger partial charge in [-0.1, -0.05) is 11.6 Å². The number of carbonyl (C=O) groups is 1. The smallest absolute Gasteiger partial charge is 0.251 e. The summed E-state index contributed by atoms with van der Waals surface area (Å²) in [6.07, 6.45) is -0.0585. The Morgan fingerprint density at radius 2 is 2.12 bits per heavy atom. The van der Waals surface area contributed by atoms with Gasteiger partial charge < -0.3 is 9.72 Å². The molecule has 1 amide bonds. The van der Waals surface area contributed by atoms with Gasteiger partial charge >= 0.3 is 0 Å². The molecule has 24 heavy (non-hydrogen) atoms. The van der Waals surface area contributed by atoms with E-state index in [0.717, 1.165) is 0 Å². The largest absolute Gasteiger partial charge is 0.496 e. The lowest BCUT2D eigenvalue weighted by Crippen LogP contribution is -2.23. The molecule has 0 saturated carbocycles. The average Bonchev–Trinajstić information content (AvgIpc) is 2.51. The SMILES string of the molecule is COc1ccc(Cl)cc1/C(C)=N\NC(=O)Cc1cc(=O)[nH]c(=S)[nH]1. The second kappa shape index (κ2) is 7.89. The molecule has 0 aliphatic heterocycles. The number of hydrazone groups is 1. The Labute approximate surface area is 147 Å². The summed E-state index contributed by atoms with van der Waals surface area (Å²) in [7, 11) is 1.54. The van der Waals surface area contributed by atoms with Gasteiger partial charge in [0.25, 0.3) is 5.56 Å². The number of rotatable bonds is 5. The summed E-state index contributed by atoms with van der Waals surface area (Å²) < 4.78 is 5.40. The summed E-state index contributed by atoms with van der Waals surface area (Å²) in [5.74, 6) is 0.195. The van der Waals surface area contributed by atoms with Gasteiger partial charge in [0.15, 0.2) is 4.77 Å². The molecule has 126 valence electrons. The number of hydrogen-bond acceptors (Lipinski definition) is 5. The molecule has 0 atom stereocenters. The third-order valence-corrected chi connectivity index (χ3v) is 3.51. The van der Waals surface area contributed by atoms with Crippen LogP contribution in [0.2, 0.25) is 5.02 Å². The van der Waals surface area contributed by atoms with Crippen molar-refractivity contribution >= 4 is 35.4 Å². The molecular weight excluding hydrogens is 352 g/mol. The second-order valence-electron chi connectivity index (χ2n) is 4.87. The maximum Gasteiger partial charge on any atom is 0.251 e. The molecule has 7 nitrogen and oxygen atoms in total. The lowest BCUT2D eigenvalue weighted by molar-refractivity contribution is -0.120. The van der Waals surface area contributed by atoms with E-state index < -0.39 is 5.91 Å². The minimum Gasteiger partial charge on any atom is -0.496 e. The normalized spacial score (nSPS) is 11.2. The number of nitrogens with one attached hydrogen (secondary N) is 3. The fourth-order valence-corrected chi connectivity index (χ4v) is 2.40. The Balaban J connectivity index is 2.12. The van der Waals surface area contributed by atoms with Crippen LogP contribution in [0.3, 0.4) is 0 Å². The number of aromatic nitrogens is 2. The van der Waals surface area contributed by atoms with E-state index in [4.69, 9.17) is 28.6 Å². The zero-order valence-corrected chi connectivity index (χ0v) is 14.5. The summed E-state index contributed by atoms with van der Waals surface area (Å²) in [6.45, 7) is 1.72. The second-order valence-corrected chi connectivity index (χ2v) is 5.71. The standard InChI is InChI=1S/C15H15ClN4O3S/c1-8(11-5-9(16)3-4-12(11)23-2)19-20-14(22)7-10-6-13(21)18-15(24)17-10/h3-6H,7H2,1-2H3,(H,20,22)(H2,17,18,21,24)/b19-8-. The Hall–Kier alpha value is -2.45. The van der Waals surface area contributed by atoms with Crippen LogP contribution < -0.4 is 15.7 Å². The zero-order valence-electron chi connectivity index (χ0n) is 13.0. The van der Waals surface area contributed by atoms with Crippen LogP contribution in [-0.2, 0) is 11.2 Å². The van der Waals surface area contributed by atoms with Crippen LogP contribution in [0.15, 0.2) is 34.2 Å². The Kier molecular flexibility index (Phi) is 5.88. The van der Waals surface area contributed by atoms with E-state index >= 15 is 0 Å². The fourth-order valence-electron chi connectivity index (χ4n) is 2.00. The van der Waals surface area contributed by atoms with Crippen LogP contribution in [0.1, 0.15) is 18.2 Å². The highest BCUT2D eigenvalue weighted by Gasteiger charge is 2.09. The topological polar surface area (TPSA) is 99.3 Å². The molecule has 0 fully saturated rings. The number of amides is 1. The quantitative estimate of drug-likeness (QED) is 0.429. The van der Waals surface area contributed by atoms with Crippen molar-refractivity contribution in [1.82, 2.24) is 15.4 Å². The van der Waals surface area contributed by atoms with Crippen LogP contribution in [0, 0.1) is 4.77 Å². The maximum atomic E-state index is 12.0. The third kappa shape index (κ3) is 4.77. The van der Waals surface area contributed by atoms with E-state index in [0.29, 0.717) is 27.7 Å². The van der Waals surface area contributed by atoms with E-state index in [2.05, 4.69) is 20.5 Å². The molecule has 0 aliphatic rings. The van der Waals surface area contributed by atoms with E-state index in [1.807, 2.05) is 0 Å². The number of methoxy groups -OCH3 is 1. The van der Waals surface area contributed by atoms with Gasteiger partial charge in [-0.2, -0.15) is 5.10 Å². The highest BCUT2D eigenvalue weighted by atomic mass is 35.5. The predicted octanol–water partition coefficient (Wildman–Crippen LogP) is 2.18. The molecule has 9 heteroatoms. The molecule has 0 spiro atoms. The molecular formula is C15H15ClN4O3S. The van der Waals surface area contributed by atoms with Crippen LogP contribution in [0.5, 0.6) is 5.75 Å². The molecule has 1 heterocycles. The molecule has 2 rings (SSSR count). The summed E-state index contributed by atoms with van der Waals surface area (Å²) >= 11 is 10.8. The molecule has 0 unspecified atom stereocenters. The van der Waals surface area contributed by atoms with Gasteiger partial charge in [-0.15, -0.1) is 0 Å². The first-order chi connectivity index (χ1) is 11.4. The first-order valence-corrected chi connectivity index (χ1v) is 7.67. The molecule has 3 N–H and O–H groups in total. The lowest BCUT2D eigenvalue weighted by Gasteiger charge is -2.09. The Bertz CT molecular complexity index is 876. The van der Waals surface area contributed by atoms with Gasteiger partial charge in [-0.25, -0.2) is 5.43 Å². The molecule has 0 bridgehead atoms. The Morgan fingerprint density at radius 3 is 2.79 bits per heavy atom. The first kappa shape index (κ1) is 17.9. The Morgan fingerprint density at radius 1 is 1.38 bits per heavy atom. The van der Waals surface area contributed by atoms with Gasteiger partial charge in [-0.05, 0) is 37.3 Å². The lowest BCUT2D eigenvalue weighted by atomic mass is 10.1. The van der Waals surface area contributed by atoms with Crippen LogP contribution >= 0.6 is 23.8 Å². The van der Waals surface area contributed by atoms with Gasteiger partial charge in [-0.3, -0.25) is 14.6 Å². The maximum absolute atomic E-state index is 12.0. The van der Waals surface area contributed by atoms with Crippen LogP contribution in [0.4, 0.5) is 0 Å². The molecule has 1 aromatic heterocycles. The number of ether oxygens (including phenoxy) is 1. The predicted molar refractivity (Wildman–Crippen MR) is 94.3 cm³/mol. The molecule has 0 aliphatic carbocycles. The van der Waals surface area contributed by atoms with Gasteiger partial charge in [0.1, 0.15) is 5.75 Å². The van der Waals surface area contributed by atoms with E-state index in [-0.39, 0.29) is 16.8 Å². The molecule has 2 aromatic rings. The fraction of sp³-hybridized carbons (Fsp3) is 0.200. The van der Waals surface area contributed by atoms with Crippen molar-refractivity contribution < 1.29 is 9.53 Å². The van der Waals surface area contributed by atoms with Gasteiger partial charge in [0.2, 0.25) is 5.91 Å². The minimum atomic E-state index is -0.397. The summed E-state index contributed by atoms with van der Waals surface area (Å²) in [6, 6.07) is 6.38. The van der Waals surface area contributed by atoms with Gasteiger partial charge in [0, 0.05) is 22.3 Å². The summed E-state index contributed by atoms with van der Waals surface area (Å²) in [4.78, 5) is 28.4. The van der Waals surface area contributed by atoms with Crippen molar-refractivity contribution in [1.29, 1.82) is 0 Å². The summed E-state index contributed by atoms with van der Waals surface area (Å²) in [5, 5.41) is 4.57. The average molecular weight is 367 g/mol. The number of nitrogens with zero attached hydrogens (tertiary/aromatic N) is 1. The van der Waals surface area contributed by atoms with E-state index in [9.17, 15) is 9.59 Å². The molecule has 1 aromatic carbocycles. The monoisotopic (exact) mass is 366 g/mol. The van der Waals surface area contributed by atoms with Crippen molar-refractivity contribution in [2.24, 2.45) is 5.10 Å². The first-order valence-electron chi connectivity index (χ1n) is 6.88. The third-order valence-electron chi connectivity index (χ3n) is 3.07. The van der Waals surface area contributed by atoms with Crippen LogP contribution in [-0.4, -0.2) is 28.7 Å². The molecule has 0 saturated heterocycles. The molecule has 0 radical (unpaired) electrons. The summed E-state index contributed by atoms with van der Waals surface area (Å²) in [5.41, 5.74) is 3.65. The van der Waals surface area contributed by atoms with Crippen molar-refractivity contribution in [2.45, 2.75) is 13.3 Å². The highest BCUT2D eigenvalue weighted by molar-refractivity contribution is 7.71. The van der Waals surface area contributed by atoms with Crippen molar-refractivity contribution in [3.63, 3.8) is 0 Å². The zero-order chi connectivity index (χ0) is 17.7. The number of benzene rings is 1. The van der Waals surface area contributed by atoms with Crippen molar-refractivity contribution in [3.8, 4) is 5.75 Å². The highest BCUT2D eigenvalue weighted by Crippen LogP contribution is 2.23.